The van der Waals surface area contributed by atoms with Crippen molar-refractivity contribution >= 4 is 11.8 Å². The fraction of sp³-hybridized carbons (Fsp3) is 0.600. The van der Waals surface area contributed by atoms with Crippen LogP contribution >= 0.6 is 0 Å². The first-order valence-electron chi connectivity index (χ1n) is 5.49. The molecule has 5 nitrogen and oxygen atoms in total. The normalized spacial score (nSPS) is 23.3. The molecule has 0 unspecified atom stereocenters. The van der Waals surface area contributed by atoms with Gasteiger partial charge in [-0.15, -0.1) is 0 Å². The van der Waals surface area contributed by atoms with Gasteiger partial charge in [0.2, 0.25) is 0 Å². The van der Waals surface area contributed by atoms with Gasteiger partial charge in [-0.3, -0.25) is 0 Å². The lowest BCUT2D eigenvalue weighted by atomic mass is 10.0. The first kappa shape index (κ1) is 12.7. The summed E-state index contributed by atoms with van der Waals surface area (Å²) in [7, 11) is 0. The number of anilines is 1. The highest BCUT2D eigenvalue weighted by atomic mass is 19.4. The monoisotopic (exact) mass is 263 g/mol. The third-order valence-electron chi connectivity index (χ3n) is 2.98. The maximum Gasteiger partial charge on any atom is 0.410 e. The fourth-order valence-electron chi connectivity index (χ4n) is 2.02. The Morgan fingerprint density at radius 1 is 1.67 bits per heavy atom. The quantitative estimate of drug-likeness (QED) is 0.859. The van der Waals surface area contributed by atoms with Gasteiger partial charge in [-0.2, -0.15) is 18.3 Å². The van der Waals surface area contributed by atoms with Gasteiger partial charge in [-0.25, -0.2) is 9.48 Å². The summed E-state index contributed by atoms with van der Waals surface area (Å²) >= 11 is 0. The molecular weight excluding hydrogens is 251 g/mol. The molecule has 2 rings (SSSR count). The van der Waals surface area contributed by atoms with Crippen LogP contribution in [-0.4, -0.2) is 33.1 Å². The van der Waals surface area contributed by atoms with Crippen LogP contribution < -0.4 is 5.32 Å². The number of alkyl halides is 3. The maximum absolute atomic E-state index is 12.9. The van der Waals surface area contributed by atoms with Crippen LogP contribution in [0.1, 0.15) is 36.3 Å². The van der Waals surface area contributed by atoms with Crippen LogP contribution in [0.2, 0.25) is 0 Å². The summed E-state index contributed by atoms with van der Waals surface area (Å²) in [5.74, 6) is -1.24. The van der Waals surface area contributed by atoms with Crippen molar-refractivity contribution in [3.05, 3.63) is 11.8 Å². The molecule has 0 bridgehead atoms. The molecule has 1 aromatic rings. The summed E-state index contributed by atoms with van der Waals surface area (Å²) in [4.78, 5) is 10.7. The molecule has 0 aromatic carbocycles. The molecule has 1 aliphatic rings. The number of carboxylic acids is 1. The van der Waals surface area contributed by atoms with Crippen LogP contribution in [0.5, 0.6) is 0 Å². The molecule has 8 heteroatoms. The van der Waals surface area contributed by atoms with Gasteiger partial charge in [-0.05, 0) is 12.8 Å². The first-order chi connectivity index (χ1) is 8.32. The van der Waals surface area contributed by atoms with E-state index in [-0.39, 0.29) is 24.0 Å². The summed E-state index contributed by atoms with van der Waals surface area (Å²) in [5.41, 5.74) is -0.386. The summed E-state index contributed by atoms with van der Waals surface area (Å²) in [6.07, 6.45) is -4.06. The van der Waals surface area contributed by atoms with Crippen molar-refractivity contribution in [1.29, 1.82) is 0 Å². The topological polar surface area (TPSA) is 67.2 Å². The number of hydrogen-bond donors (Lipinski definition) is 2. The van der Waals surface area contributed by atoms with Gasteiger partial charge in [0.25, 0.3) is 0 Å². The molecular formula is C10H12F3N3O2. The molecule has 0 aliphatic carbocycles. The Labute approximate surface area is 101 Å². The van der Waals surface area contributed by atoms with Crippen molar-refractivity contribution in [3.8, 4) is 0 Å². The highest BCUT2D eigenvalue weighted by Gasteiger charge is 2.46. The number of aromatic carboxylic acids is 1. The van der Waals surface area contributed by atoms with E-state index in [2.05, 4.69) is 10.4 Å². The van der Waals surface area contributed by atoms with E-state index in [0.29, 0.717) is 6.42 Å². The van der Waals surface area contributed by atoms with Crippen LogP contribution in [0.3, 0.4) is 0 Å². The molecule has 0 amide bonds. The Bertz CT molecular complexity index is 469. The van der Waals surface area contributed by atoms with Crippen molar-refractivity contribution in [2.24, 2.45) is 0 Å². The van der Waals surface area contributed by atoms with Crippen molar-refractivity contribution < 1.29 is 23.1 Å². The van der Waals surface area contributed by atoms with E-state index in [1.54, 1.807) is 6.92 Å². The van der Waals surface area contributed by atoms with Gasteiger partial charge in [0, 0.05) is 12.1 Å². The molecule has 0 fully saturated rings. The number of fused-ring (bicyclic) bond motifs is 1. The first-order valence-corrected chi connectivity index (χ1v) is 5.49. The Hall–Kier alpha value is -1.73. The molecule has 2 heterocycles. The molecule has 1 aliphatic heterocycles. The zero-order chi connectivity index (χ0) is 13.5. The third kappa shape index (κ3) is 2.14. The second-order valence-electron chi connectivity index (χ2n) is 4.21. The number of halogens is 3. The summed E-state index contributed by atoms with van der Waals surface area (Å²) in [6.45, 7) is 1.77. The number of rotatable bonds is 2. The van der Waals surface area contributed by atoms with E-state index in [0.717, 1.165) is 10.7 Å². The SMILES string of the molecule is CC[C@H]1C[C@H](C(F)(F)F)n2nc(C(=O)O)cc2N1. The van der Waals surface area contributed by atoms with Gasteiger partial charge in [0.05, 0.1) is 0 Å². The van der Waals surface area contributed by atoms with Crippen LogP contribution in [0, 0.1) is 0 Å². The zero-order valence-electron chi connectivity index (χ0n) is 9.53. The molecule has 2 atom stereocenters. The van der Waals surface area contributed by atoms with Crippen LogP contribution in [0.4, 0.5) is 19.0 Å². The second-order valence-corrected chi connectivity index (χ2v) is 4.21. The largest absolute Gasteiger partial charge is 0.476 e. The van der Waals surface area contributed by atoms with E-state index in [4.69, 9.17) is 5.11 Å². The van der Waals surface area contributed by atoms with E-state index in [9.17, 15) is 18.0 Å². The number of hydrogen-bond acceptors (Lipinski definition) is 3. The summed E-state index contributed by atoms with van der Waals surface area (Å²) < 4.78 is 39.4. The number of carboxylic acid groups (broad SMARTS) is 1. The van der Waals surface area contributed by atoms with E-state index >= 15 is 0 Å². The lowest BCUT2D eigenvalue weighted by Crippen LogP contribution is -2.38. The minimum absolute atomic E-state index is 0.104. The van der Waals surface area contributed by atoms with Crippen LogP contribution in [0.25, 0.3) is 0 Å². The molecule has 100 valence electrons. The van der Waals surface area contributed by atoms with Crippen molar-refractivity contribution in [2.75, 3.05) is 5.32 Å². The molecule has 0 spiro atoms. The third-order valence-corrected chi connectivity index (χ3v) is 2.98. The number of carbonyl (C=O) groups is 1. The Balaban J connectivity index is 2.43. The van der Waals surface area contributed by atoms with Gasteiger partial charge in [-0.1, -0.05) is 6.92 Å². The smallest absolute Gasteiger partial charge is 0.410 e. The summed E-state index contributed by atoms with van der Waals surface area (Å²) in [5, 5.41) is 15.1. The highest BCUT2D eigenvalue weighted by molar-refractivity contribution is 5.86. The molecule has 2 N–H and O–H groups in total. The standard InChI is InChI=1S/C10H12F3N3O2/c1-2-5-3-7(10(11,12)13)16-8(14-5)4-6(15-16)9(17)18/h4-5,7,14H,2-3H2,1H3,(H,17,18)/t5-,7+/m0/s1. The predicted molar refractivity (Wildman–Crippen MR) is 56.6 cm³/mol. The van der Waals surface area contributed by atoms with Crippen LogP contribution in [0.15, 0.2) is 6.07 Å². The van der Waals surface area contributed by atoms with Gasteiger partial charge < -0.3 is 10.4 Å². The number of aromatic nitrogens is 2. The average molecular weight is 263 g/mol. The fourth-order valence-corrected chi connectivity index (χ4v) is 2.02. The van der Waals surface area contributed by atoms with Gasteiger partial charge >= 0.3 is 12.1 Å². The average Bonchev–Trinajstić information content (AvgIpc) is 2.69. The Morgan fingerprint density at radius 2 is 2.33 bits per heavy atom. The molecule has 18 heavy (non-hydrogen) atoms. The molecule has 0 saturated heterocycles. The van der Waals surface area contributed by atoms with E-state index in [1.165, 1.54) is 0 Å². The maximum atomic E-state index is 12.9. The van der Waals surface area contributed by atoms with Crippen molar-refractivity contribution in [3.63, 3.8) is 0 Å². The minimum atomic E-state index is -4.44. The second kappa shape index (κ2) is 4.18. The van der Waals surface area contributed by atoms with Crippen molar-refractivity contribution in [2.45, 2.75) is 38.0 Å². The Morgan fingerprint density at radius 3 is 2.83 bits per heavy atom. The van der Waals surface area contributed by atoms with Gasteiger partial charge in [0.15, 0.2) is 11.7 Å². The van der Waals surface area contributed by atoms with Crippen LogP contribution in [-0.2, 0) is 0 Å². The number of nitrogens with zero attached hydrogens (tertiary/aromatic N) is 2. The Kier molecular flexibility index (Phi) is 2.95. The van der Waals surface area contributed by atoms with E-state index in [1.807, 2.05) is 0 Å². The van der Waals surface area contributed by atoms with Gasteiger partial charge in [0.1, 0.15) is 5.82 Å². The summed E-state index contributed by atoms with van der Waals surface area (Å²) in [6, 6.07) is -0.975. The lowest BCUT2D eigenvalue weighted by molar-refractivity contribution is -0.173. The highest BCUT2D eigenvalue weighted by Crippen LogP contribution is 2.39. The lowest BCUT2D eigenvalue weighted by Gasteiger charge is -2.32. The van der Waals surface area contributed by atoms with Crippen molar-refractivity contribution in [1.82, 2.24) is 9.78 Å². The minimum Gasteiger partial charge on any atom is -0.476 e. The molecule has 1 aromatic heterocycles. The van der Waals surface area contributed by atoms with E-state index < -0.39 is 18.2 Å². The molecule has 0 saturated carbocycles. The number of nitrogens with one attached hydrogen (secondary N) is 1. The zero-order valence-corrected chi connectivity index (χ0v) is 9.53. The predicted octanol–water partition coefficient (Wildman–Crippen LogP) is 2.28. The molecule has 0 radical (unpaired) electrons.